The molecule has 0 bridgehead atoms. The number of carbonyl (C=O) groups excluding carboxylic acids is 3. The largest absolute Gasteiger partial charge is 0.326 e. The topological polar surface area (TPSA) is 87.3 Å². The first kappa shape index (κ1) is 14.6. The first-order valence-electron chi connectivity index (χ1n) is 7.54. The Bertz CT molecular complexity index is 637. The van der Waals surface area contributed by atoms with Gasteiger partial charge in [-0.25, -0.2) is 4.79 Å². The first-order chi connectivity index (χ1) is 10.5. The van der Waals surface area contributed by atoms with Gasteiger partial charge in [0.1, 0.15) is 5.54 Å². The first-order valence-corrected chi connectivity index (χ1v) is 7.54. The Hall–Kier alpha value is -2.37. The molecule has 6 heteroatoms. The van der Waals surface area contributed by atoms with Crippen molar-refractivity contribution in [2.24, 2.45) is 5.92 Å². The summed E-state index contributed by atoms with van der Waals surface area (Å²) in [6.07, 6.45) is 4.06. The van der Waals surface area contributed by atoms with Crippen molar-refractivity contribution in [2.45, 2.75) is 38.1 Å². The van der Waals surface area contributed by atoms with E-state index in [0.29, 0.717) is 11.3 Å². The Morgan fingerprint density at radius 1 is 1.27 bits per heavy atom. The molecule has 0 radical (unpaired) electrons. The van der Waals surface area contributed by atoms with Gasteiger partial charge >= 0.3 is 6.03 Å². The summed E-state index contributed by atoms with van der Waals surface area (Å²) >= 11 is 0. The van der Waals surface area contributed by atoms with Gasteiger partial charge in [-0.3, -0.25) is 14.9 Å². The van der Waals surface area contributed by atoms with Crippen LogP contribution in [0.4, 0.5) is 10.5 Å². The maximum absolute atomic E-state index is 12.2. The van der Waals surface area contributed by atoms with E-state index < -0.39 is 17.5 Å². The van der Waals surface area contributed by atoms with E-state index in [1.807, 2.05) is 0 Å². The van der Waals surface area contributed by atoms with Gasteiger partial charge in [-0.1, -0.05) is 25.0 Å². The Labute approximate surface area is 128 Å². The number of anilines is 1. The fraction of sp³-hybridized carbons (Fsp3) is 0.438. The van der Waals surface area contributed by atoms with Crippen LogP contribution in [0.2, 0.25) is 0 Å². The second-order valence-electron chi connectivity index (χ2n) is 6.08. The summed E-state index contributed by atoms with van der Waals surface area (Å²) < 4.78 is 0. The SMILES string of the molecule is C[C@]1(c2cccc(NC(=O)C3CCCC3)c2)NC(=O)NC1=O. The van der Waals surface area contributed by atoms with Crippen molar-refractivity contribution in [3.05, 3.63) is 29.8 Å². The van der Waals surface area contributed by atoms with Crippen LogP contribution in [-0.2, 0) is 15.1 Å². The Morgan fingerprint density at radius 2 is 2.00 bits per heavy atom. The van der Waals surface area contributed by atoms with E-state index in [4.69, 9.17) is 0 Å². The molecular weight excluding hydrogens is 282 g/mol. The normalized spacial score (nSPS) is 25.0. The minimum Gasteiger partial charge on any atom is -0.326 e. The van der Waals surface area contributed by atoms with Crippen molar-refractivity contribution in [2.75, 3.05) is 5.32 Å². The maximum Gasteiger partial charge on any atom is 0.322 e. The summed E-state index contributed by atoms with van der Waals surface area (Å²) in [4.78, 5) is 35.5. The highest BCUT2D eigenvalue weighted by atomic mass is 16.2. The molecule has 1 heterocycles. The highest BCUT2D eigenvalue weighted by molar-refractivity contribution is 6.07. The van der Waals surface area contributed by atoms with Gasteiger partial charge in [-0.2, -0.15) is 0 Å². The molecule has 22 heavy (non-hydrogen) atoms. The van der Waals surface area contributed by atoms with Gasteiger partial charge in [0.15, 0.2) is 0 Å². The summed E-state index contributed by atoms with van der Waals surface area (Å²) in [5.41, 5.74) is 0.176. The molecule has 1 saturated carbocycles. The van der Waals surface area contributed by atoms with Crippen LogP contribution in [0.1, 0.15) is 38.2 Å². The zero-order valence-electron chi connectivity index (χ0n) is 12.4. The fourth-order valence-corrected chi connectivity index (χ4v) is 3.09. The molecule has 2 aliphatic rings. The minimum atomic E-state index is -1.11. The molecule has 0 spiro atoms. The molecule has 3 N–H and O–H groups in total. The third kappa shape index (κ3) is 2.56. The monoisotopic (exact) mass is 301 g/mol. The van der Waals surface area contributed by atoms with Crippen molar-refractivity contribution >= 4 is 23.5 Å². The van der Waals surface area contributed by atoms with Gasteiger partial charge in [-0.05, 0) is 37.5 Å². The van der Waals surface area contributed by atoms with Crippen LogP contribution in [0.15, 0.2) is 24.3 Å². The zero-order valence-corrected chi connectivity index (χ0v) is 12.4. The average Bonchev–Trinajstić information content (AvgIpc) is 3.09. The average molecular weight is 301 g/mol. The number of carbonyl (C=O) groups is 3. The quantitative estimate of drug-likeness (QED) is 0.745. The van der Waals surface area contributed by atoms with E-state index in [2.05, 4.69) is 16.0 Å². The smallest absolute Gasteiger partial charge is 0.322 e. The Morgan fingerprint density at radius 3 is 2.64 bits per heavy atom. The number of urea groups is 1. The summed E-state index contributed by atoms with van der Waals surface area (Å²) in [7, 11) is 0. The predicted octanol–water partition coefficient (Wildman–Crippen LogP) is 1.87. The van der Waals surface area contributed by atoms with E-state index in [9.17, 15) is 14.4 Å². The van der Waals surface area contributed by atoms with Crippen molar-refractivity contribution in [1.82, 2.24) is 10.6 Å². The number of imide groups is 1. The molecule has 1 saturated heterocycles. The lowest BCUT2D eigenvalue weighted by Gasteiger charge is -2.22. The molecule has 1 aromatic rings. The third-order valence-electron chi connectivity index (χ3n) is 4.48. The second-order valence-corrected chi connectivity index (χ2v) is 6.08. The van der Waals surface area contributed by atoms with Crippen molar-refractivity contribution in [3.63, 3.8) is 0 Å². The Kier molecular flexibility index (Phi) is 3.60. The molecule has 6 nitrogen and oxygen atoms in total. The number of hydrogen-bond acceptors (Lipinski definition) is 3. The Balaban J connectivity index is 1.79. The van der Waals surface area contributed by atoms with Gasteiger partial charge < -0.3 is 10.6 Å². The van der Waals surface area contributed by atoms with Crippen molar-refractivity contribution < 1.29 is 14.4 Å². The molecule has 1 aliphatic carbocycles. The molecule has 1 aliphatic heterocycles. The number of amides is 4. The van der Waals surface area contributed by atoms with Gasteiger partial charge in [0.25, 0.3) is 5.91 Å². The van der Waals surface area contributed by atoms with Crippen LogP contribution in [0, 0.1) is 5.92 Å². The maximum atomic E-state index is 12.2. The molecule has 0 aromatic heterocycles. The standard InChI is InChI=1S/C16H19N3O3/c1-16(14(21)18-15(22)19-16)11-7-4-8-12(9-11)17-13(20)10-5-2-3-6-10/h4,7-10H,2-3,5-6H2,1H3,(H,17,20)(H2,18,19,21,22)/t16-/m1/s1. The number of hydrogen-bond donors (Lipinski definition) is 3. The molecule has 3 rings (SSSR count). The van der Waals surface area contributed by atoms with Crippen LogP contribution in [-0.4, -0.2) is 17.8 Å². The summed E-state index contributed by atoms with van der Waals surface area (Å²) in [6, 6.07) is 6.54. The van der Waals surface area contributed by atoms with Gasteiger partial charge in [0.2, 0.25) is 5.91 Å². The van der Waals surface area contributed by atoms with Crippen LogP contribution in [0.5, 0.6) is 0 Å². The number of nitrogens with one attached hydrogen (secondary N) is 3. The van der Waals surface area contributed by atoms with E-state index in [1.165, 1.54) is 0 Å². The lowest BCUT2D eigenvalue weighted by Crippen LogP contribution is -2.40. The zero-order chi connectivity index (χ0) is 15.7. The molecule has 4 amide bonds. The van der Waals surface area contributed by atoms with E-state index in [0.717, 1.165) is 25.7 Å². The molecule has 0 unspecified atom stereocenters. The molecule has 1 aromatic carbocycles. The molecular formula is C16H19N3O3. The van der Waals surface area contributed by atoms with E-state index in [1.54, 1.807) is 31.2 Å². The van der Waals surface area contributed by atoms with Gasteiger partial charge in [0.05, 0.1) is 0 Å². The number of benzene rings is 1. The van der Waals surface area contributed by atoms with Crippen LogP contribution in [0.25, 0.3) is 0 Å². The van der Waals surface area contributed by atoms with Crippen molar-refractivity contribution in [3.8, 4) is 0 Å². The predicted molar refractivity (Wildman–Crippen MR) is 81.1 cm³/mol. The van der Waals surface area contributed by atoms with Gasteiger partial charge in [-0.15, -0.1) is 0 Å². The number of rotatable bonds is 3. The highest BCUT2D eigenvalue weighted by Gasteiger charge is 2.43. The fourth-order valence-electron chi connectivity index (χ4n) is 3.09. The van der Waals surface area contributed by atoms with Gasteiger partial charge in [0, 0.05) is 11.6 Å². The molecule has 2 fully saturated rings. The molecule has 116 valence electrons. The van der Waals surface area contributed by atoms with Crippen LogP contribution < -0.4 is 16.0 Å². The molecule has 1 atom stereocenters. The van der Waals surface area contributed by atoms with E-state index in [-0.39, 0.29) is 11.8 Å². The minimum absolute atomic E-state index is 0.0275. The summed E-state index contributed by atoms with van der Waals surface area (Å²) in [5, 5.41) is 7.76. The van der Waals surface area contributed by atoms with Crippen molar-refractivity contribution in [1.29, 1.82) is 0 Å². The second kappa shape index (κ2) is 5.44. The lowest BCUT2D eigenvalue weighted by atomic mass is 9.92. The summed E-state index contributed by atoms with van der Waals surface area (Å²) in [6.45, 7) is 1.64. The summed E-state index contributed by atoms with van der Waals surface area (Å²) in [5.74, 6) is -0.287. The van der Waals surface area contributed by atoms with Crippen LogP contribution >= 0.6 is 0 Å². The highest BCUT2D eigenvalue weighted by Crippen LogP contribution is 2.28. The van der Waals surface area contributed by atoms with Crippen LogP contribution in [0.3, 0.4) is 0 Å². The lowest BCUT2D eigenvalue weighted by molar-refractivity contribution is -0.123. The third-order valence-corrected chi connectivity index (χ3v) is 4.48. The van der Waals surface area contributed by atoms with E-state index >= 15 is 0 Å².